The van der Waals surface area contributed by atoms with Gasteiger partial charge in [0.2, 0.25) is 0 Å². The minimum atomic E-state index is -0.323. The van der Waals surface area contributed by atoms with E-state index in [1.807, 2.05) is 6.07 Å². The molecule has 2 aromatic rings. The zero-order chi connectivity index (χ0) is 13.0. The van der Waals surface area contributed by atoms with Crippen LogP contribution in [0.2, 0.25) is 0 Å². The van der Waals surface area contributed by atoms with E-state index in [-0.39, 0.29) is 18.2 Å². The molecule has 1 heterocycles. The van der Waals surface area contributed by atoms with Crippen LogP contribution in [0.3, 0.4) is 0 Å². The molecule has 5 heteroatoms. The van der Waals surface area contributed by atoms with Crippen molar-refractivity contribution >= 4 is 5.97 Å². The fourth-order valence-electron chi connectivity index (χ4n) is 1.69. The summed E-state index contributed by atoms with van der Waals surface area (Å²) in [5.41, 5.74) is 1.56. The van der Waals surface area contributed by atoms with Crippen LogP contribution < -0.4 is 0 Å². The first-order valence-corrected chi connectivity index (χ1v) is 5.49. The quantitative estimate of drug-likeness (QED) is 0.775. The van der Waals surface area contributed by atoms with Gasteiger partial charge in [-0.05, 0) is 17.7 Å². The van der Waals surface area contributed by atoms with Crippen LogP contribution in [0.25, 0.3) is 0 Å². The number of halogens is 1. The molecule has 0 unspecified atom stereocenters. The Labute approximate surface area is 104 Å². The van der Waals surface area contributed by atoms with Crippen LogP contribution in [-0.4, -0.2) is 22.6 Å². The van der Waals surface area contributed by atoms with Gasteiger partial charge in [0.1, 0.15) is 5.82 Å². The third-order valence-electron chi connectivity index (χ3n) is 2.59. The lowest BCUT2D eigenvalue weighted by Gasteiger charge is -2.07. The monoisotopic (exact) mass is 248 g/mol. The van der Waals surface area contributed by atoms with E-state index in [0.29, 0.717) is 6.54 Å². The Bertz CT molecular complexity index is 551. The fraction of sp³-hybridized carbons (Fsp3) is 0.231. The molecule has 0 fully saturated rings. The number of ether oxygens (including phenoxy) is 1. The smallest absolute Gasteiger partial charge is 0.311 e. The van der Waals surface area contributed by atoms with Crippen LogP contribution in [0.1, 0.15) is 11.3 Å². The number of carbonyl (C=O) groups excluding carboxylic acids is 1. The molecule has 2 rings (SSSR count). The van der Waals surface area contributed by atoms with Crippen molar-refractivity contribution in [3.63, 3.8) is 0 Å². The molecule has 0 aliphatic heterocycles. The van der Waals surface area contributed by atoms with Gasteiger partial charge >= 0.3 is 5.97 Å². The van der Waals surface area contributed by atoms with E-state index in [1.165, 1.54) is 19.2 Å². The summed E-state index contributed by atoms with van der Waals surface area (Å²) in [5, 5.41) is 0. The number of nitrogens with zero attached hydrogens (tertiary/aromatic N) is 2. The van der Waals surface area contributed by atoms with E-state index >= 15 is 0 Å². The Hall–Kier alpha value is -2.17. The number of imidazole rings is 1. The van der Waals surface area contributed by atoms with E-state index in [0.717, 1.165) is 11.3 Å². The highest BCUT2D eigenvalue weighted by Crippen LogP contribution is 2.09. The maximum absolute atomic E-state index is 13.1. The van der Waals surface area contributed by atoms with Crippen LogP contribution >= 0.6 is 0 Å². The Kier molecular flexibility index (Phi) is 3.72. The number of esters is 1. The molecule has 0 bridgehead atoms. The molecule has 1 aromatic heterocycles. The normalized spacial score (nSPS) is 10.3. The van der Waals surface area contributed by atoms with Crippen molar-refractivity contribution in [1.29, 1.82) is 0 Å². The number of methoxy groups -OCH3 is 1. The van der Waals surface area contributed by atoms with Crippen molar-refractivity contribution in [1.82, 2.24) is 9.55 Å². The molecule has 0 atom stereocenters. The predicted molar refractivity (Wildman–Crippen MR) is 63.4 cm³/mol. The van der Waals surface area contributed by atoms with Crippen molar-refractivity contribution in [2.45, 2.75) is 13.0 Å². The van der Waals surface area contributed by atoms with Crippen molar-refractivity contribution < 1.29 is 13.9 Å². The van der Waals surface area contributed by atoms with Crippen molar-refractivity contribution in [3.05, 3.63) is 53.9 Å². The van der Waals surface area contributed by atoms with E-state index in [2.05, 4.69) is 9.72 Å². The lowest BCUT2D eigenvalue weighted by Crippen LogP contribution is -2.10. The Morgan fingerprint density at radius 3 is 3.06 bits per heavy atom. The van der Waals surface area contributed by atoms with Gasteiger partial charge in [-0.2, -0.15) is 0 Å². The van der Waals surface area contributed by atoms with Gasteiger partial charge in [0, 0.05) is 18.4 Å². The third kappa shape index (κ3) is 2.94. The summed E-state index contributed by atoms with van der Waals surface area (Å²) in [6.07, 6.45) is 3.38. The molecule has 0 N–H and O–H groups in total. The highest BCUT2D eigenvalue weighted by Gasteiger charge is 2.08. The van der Waals surface area contributed by atoms with Gasteiger partial charge in [-0.25, -0.2) is 9.37 Å². The second-order valence-electron chi connectivity index (χ2n) is 3.90. The van der Waals surface area contributed by atoms with E-state index in [1.54, 1.807) is 23.2 Å². The first kappa shape index (κ1) is 12.3. The molecule has 0 saturated carbocycles. The maximum Gasteiger partial charge on any atom is 0.311 e. The first-order chi connectivity index (χ1) is 8.69. The second kappa shape index (κ2) is 5.44. The van der Waals surface area contributed by atoms with Gasteiger partial charge in [0.25, 0.3) is 0 Å². The summed E-state index contributed by atoms with van der Waals surface area (Å²) in [6.45, 7) is 0.476. The van der Waals surface area contributed by atoms with Gasteiger partial charge in [0.15, 0.2) is 0 Å². The molecule has 0 amide bonds. The van der Waals surface area contributed by atoms with Gasteiger partial charge in [0.05, 0.1) is 19.9 Å². The Morgan fingerprint density at radius 1 is 1.50 bits per heavy atom. The fourth-order valence-corrected chi connectivity index (χ4v) is 1.69. The van der Waals surface area contributed by atoms with Crippen LogP contribution in [-0.2, 0) is 22.5 Å². The summed E-state index contributed by atoms with van der Waals surface area (Å²) < 4.78 is 19.5. The lowest BCUT2D eigenvalue weighted by molar-refractivity contribution is -0.139. The number of hydrogen-bond donors (Lipinski definition) is 0. The molecule has 0 radical (unpaired) electrons. The molecule has 0 aliphatic rings. The summed E-state index contributed by atoms with van der Waals surface area (Å²) in [6, 6.07) is 6.33. The molecule has 0 saturated heterocycles. The predicted octanol–water partition coefficient (Wildman–Crippen LogP) is 1.79. The molecule has 0 spiro atoms. The number of carbonyl (C=O) groups is 1. The van der Waals surface area contributed by atoms with E-state index in [9.17, 15) is 9.18 Å². The topological polar surface area (TPSA) is 44.1 Å². The molecule has 1 aromatic carbocycles. The van der Waals surface area contributed by atoms with Crippen molar-refractivity contribution in [2.75, 3.05) is 7.11 Å². The van der Waals surface area contributed by atoms with Gasteiger partial charge < -0.3 is 9.30 Å². The zero-order valence-electron chi connectivity index (χ0n) is 9.97. The van der Waals surface area contributed by atoms with E-state index < -0.39 is 0 Å². The molecule has 0 aliphatic carbocycles. The Morgan fingerprint density at radius 2 is 2.33 bits per heavy atom. The molecular formula is C13H13FN2O2. The molecule has 4 nitrogen and oxygen atoms in total. The van der Waals surface area contributed by atoms with Crippen LogP contribution in [0.4, 0.5) is 4.39 Å². The minimum absolute atomic E-state index is 0.159. The zero-order valence-corrected chi connectivity index (χ0v) is 9.97. The van der Waals surface area contributed by atoms with Crippen molar-refractivity contribution in [2.24, 2.45) is 0 Å². The summed E-state index contributed by atoms with van der Waals surface area (Å²) >= 11 is 0. The van der Waals surface area contributed by atoms with Crippen LogP contribution in [0.5, 0.6) is 0 Å². The van der Waals surface area contributed by atoms with Crippen LogP contribution in [0, 0.1) is 5.82 Å². The number of hydrogen-bond acceptors (Lipinski definition) is 3. The maximum atomic E-state index is 13.1. The minimum Gasteiger partial charge on any atom is -0.469 e. The van der Waals surface area contributed by atoms with Crippen LogP contribution in [0.15, 0.2) is 36.8 Å². The number of aromatic nitrogens is 2. The largest absolute Gasteiger partial charge is 0.469 e. The summed E-state index contributed by atoms with van der Waals surface area (Å²) in [7, 11) is 1.34. The summed E-state index contributed by atoms with van der Waals surface area (Å²) in [4.78, 5) is 15.2. The highest BCUT2D eigenvalue weighted by molar-refractivity contribution is 5.71. The average molecular weight is 248 g/mol. The lowest BCUT2D eigenvalue weighted by atomic mass is 10.2. The number of benzene rings is 1. The molecule has 94 valence electrons. The first-order valence-electron chi connectivity index (χ1n) is 5.49. The van der Waals surface area contributed by atoms with Gasteiger partial charge in [-0.3, -0.25) is 4.79 Å². The second-order valence-corrected chi connectivity index (χ2v) is 3.90. The molecular weight excluding hydrogens is 235 g/mol. The SMILES string of the molecule is COC(=O)Cc1cncn1Cc1cccc(F)c1. The average Bonchev–Trinajstić information content (AvgIpc) is 2.76. The van der Waals surface area contributed by atoms with E-state index in [4.69, 9.17) is 0 Å². The highest BCUT2D eigenvalue weighted by atomic mass is 19.1. The summed E-state index contributed by atoms with van der Waals surface area (Å²) in [5.74, 6) is -0.599. The molecule has 18 heavy (non-hydrogen) atoms. The van der Waals surface area contributed by atoms with Crippen molar-refractivity contribution in [3.8, 4) is 0 Å². The van der Waals surface area contributed by atoms with Gasteiger partial charge in [-0.15, -0.1) is 0 Å². The third-order valence-corrected chi connectivity index (χ3v) is 2.59. The number of rotatable bonds is 4. The Balaban J connectivity index is 2.15. The van der Waals surface area contributed by atoms with Gasteiger partial charge in [-0.1, -0.05) is 12.1 Å². The standard InChI is InChI=1S/C13H13FN2O2/c1-18-13(17)6-12-7-15-9-16(12)8-10-3-2-4-11(14)5-10/h2-5,7,9H,6,8H2,1H3.